The number of hydrogen-bond donors (Lipinski definition) is 3. The Morgan fingerprint density at radius 2 is 1.85 bits per heavy atom. The number of halogens is 1. The van der Waals surface area contributed by atoms with Gasteiger partial charge in [-0.2, -0.15) is 0 Å². The predicted octanol–water partition coefficient (Wildman–Crippen LogP) is 3.47. The molecule has 2 aromatic carbocycles. The zero-order chi connectivity index (χ0) is 28.2. The van der Waals surface area contributed by atoms with Crippen LogP contribution in [0.5, 0.6) is 0 Å². The maximum Gasteiger partial charge on any atom is 0.319 e. The molecule has 1 unspecified atom stereocenters. The largest absolute Gasteiger partial charge is 0.376 e. The molecule has 2 aliphatic heterocycles. The Labute approximate surface area is 232 Å². The van der Waals surface area contributed by atoms with Crippen LogP contribution in [0.15, 0.2) is 30.3 Å². The smallest absolute Gasteiger partial charge is 0.319 e. The van der Waals surface area contributed by atoms with Gasteiger partial charge in [0, 0.05) is 31.2 Å². The van der Waals surface area contributed by atoms with Gasteiger partial charge in [-0.3, -0.25) is 29.4 Å². The molecule has 0 spiro atoms. The maximum atomic E-state index is 13.1. The third kappa shape index (κ3) is 4.81. The molecule has 1 saturated heterocycles. The van der Waals surface area contributed by atoms with Gasteiger partial charge < -0.3 is 15.5 Å². The minimum Gasteiger partial charge on any atom is -0.376 e. The van der Waals surface area contributed by atoms with Crippen molar-refractivity contribution in [2.24, 2.45) is 0 Å². The van der Waals surface area contributed by atoms with Gasteiger partial charge >= 0.3 is 6.03 Å². The molecular weight excluding hydrogens is 544 g/mol. The standard InChI is InChI=1S/C26H25ClN6O5S/c1-26(2,24-30-20-17(32(3)4)9-12(27)10-18(20)39-24)31-25(38)28-13-5-6-14-15(11-13)23(37)33(22(14)36)16-7-8-19(34)29-21(16)35/h5-6,9-11,16H,7-8H2,1-4H3,(H2,28,31,38)(H,29,34,35). The van der Waals surface area contributed by atoms with Crippen molar-refractivity contribution in [1.29, 1.82) is 0 Å². The number of urea groups is 1. The van der Waals surface area contributed by atoms with Crippen LogP contribution in [0.25, 0.3) is 10.2 Å². The number of fused-ring (bicyclic) bond motifs is 2. The van der Waals surface area contributed by atoms with Crippen molar-refractivity contribution in [3.8, 4) is 0 Å². The van der Waals surface area contributed by atoms with Crippen LogP contribution in [-0.2, 0) is 15.1 Å². The van der Waals surface area contributed by atoms with Crippen LogP contribution in [0.3, 0.4) is 0 Å². The minimum absolute atomic E-state index is 0.0325. The van der Waals surface area contributed by atoms with Crippen molar-refractivity contribution in [3.63, 3.8) is 0 Å². The molecule has 0 saturated carbocycles. The lowest BCUT2D eigenvalue weighted by molar-refractivity contribution is -0.136. The van der Waals surface area contributed by atoms with Crippen LogP contribution in [0.2, 0.25) is 5.02 Å². The van der Waals surface area contributed by atoms with Gasteiger partial charge in [-0.25, -0.2) is 9.78 Å². The zero-order valence-corrected chi connectivity index (χ0v) is 23.1. The number of aromatic nitrogens is 1. The van der Waals surface area contributed by atoms with Crippen molar-refractivity contribution >= 4 is 74.2 Å². The first-order valence-electron chi connectivity index (χ1n) is 12.1. The molecule has 0 aliphatic carbocycles. The lowest BCUT2D eigenvalue weighted by atomic mass is 10.0. The van der Waals surface area contributed by atoms with E-state index in [1.54, 1.807) is 0 Å². The Morgan fingerprint density at radius 1 is 1.13 bits per heavy atom. The second-order valence-electron chi connectivity index (χ2n) is 10.1. The van der Waals surface area contributed by atoms with Gasteiger partial charge in [0.15, 0.2) is 0 Å². The number of carbonyl (C=O) groups is 5. The number of nitrogens with one attached hydrogen (secondary N) is 3. The first-order valence-corrected chi connectivity index (χ1v) is 13.3. The second kappa shape index (κ2) is 9.62. The molecule has 1 fully saturated rings. The maximum absolute atomic E-state index is 13.1. The van der Waals surface area contributed by atoms with Gasteiger partial charge in [0.1, 0.15) is 16.6 Å². The zero-order valence-electron chi connectivity index (χ0n) is 21.5. The molecule has 11 nitrogen and oxygen atoms in total. The van der Waals surface area contributed by atoms with Crippen molar-refractivity contribution in [2.45, 2.75) is 38.3 Å². The summed E-state index contributed by atoms with van der Waals surface area (Å²) in [7, 11) is 3.81. The highest BCUT2D eigenvalue weighted by Gasteiger charge is 2.44. The topological polar surface area (TPSA) is 141 Å². The quantitative estimate of drug-likeness (QED) is 0.400. The molecule has 3 N–H and O–H groups in total. The van der Waals surface area contributed by atoms with Crippen molar-refractivity contribution < 1.29 is 24.0 Å². The van der Waals surface area contributed by atoms with Crippen molar-refractivity contribution in [1.82, 2.24) is 20.5 Å². The van der Waals surface area contributed by atoms with Crippen LogP contribution in [0, 0.1) is 0 Å². The van der Waals surface area contributed by atoms with Crippen LogP contribution in [0.1, 0.15) is 52.4 Å². The summed E-state index contributed by atoms with van der Waals surface area (Å²) >= 11 is 7.71. The monoisotopic (exact) mass is 568 g/mol. The van der Waals surface area contributed by atoms with E-state index in [4.69, 9.17) is 16.6 Å². The van der Waals surface area contributed by atoms with E-state index in [1.807, 2.05) is 45.0 Å². The lowest BCUT2D eigenvalue weighted by Crippen LogP contribution is -2.54. The Morgan fingerprint density at radius 3 is 2.54 bits per heavy atom. The van der Waals surface area contributed by atoms with E-state index in [0.29, 0.717) is 15.7 Å². The molecule has 39 heavy (non-hydrogen) atoms. The van der Waals surface area contributed by atoms with Gasteiger partial charge in [0.2, 0.25) is 11.8 Å². The number of anilines is 2. The van der Waals surface area contributed by atoms with Gasteiger partial charge in [-0.1, -0.05) is 11.6 Å². The van der Waals surface area contributed by atoms with Crippen molar-refractivity contribution in [3.05, 3.63) is 51.5 Å². The van der Waals surface area contributed by atoms with Gasteiger partial charge in [-0.15, -0.1) is 11.3 Å². The van der Waals surface area contributed by atoms with Gasteiger partial charge in [0.25, 0.3) is 11.8 Å². The number of carbonyl (C=O) groups excluding carboxylic acids is 5. The Balaban J connectivity index is 1.33. The summed E-state index contributed by atoms with van der Waals surface area (Å²) in [6, 6.07) is 6.41. The molecular formula is C26H25ClN6O5S. The molecule has 3 aromatic rings. The molecule has 2 aliphatic rings. The van der Waals surface area contributed by atoms with Crippen LogP contribution >= 0.6 is 22.9 Å². The number of benzene rings is 2. The summed E-state index contributed by atoms with van der Waals surface area (Å²) in [5, 5.41) is 9.04. The fraction of sp³-hybridized carbons (Fsp3) is 0.308. The summed E-state index contributed by atoms with van der Waals surface area (Å²) in [5.41, 5.74) is 1.28. The summed E-state index contributed by atoms with van der Waals surface area (Å²) in [6.45, 7) is 3.65. The SMILES string of the molecule is CN(C)c1cc(Cl)cc2sc(C(C)(C)NC(=O)Nc3ccc4c(c3)C(=O)N(C3CCC(=O)NC3=O)C4=O)nc12. The van der Waals surface area contributed by atoms with Crippen LogP contribution < -0.4 is 20.9 Å². The van der Waals surface area contributed by atoms with Gasteiger partial charge in [0.05, 0.1) is 27.1 Å². The highest BCUT2D eigenvalue weighted by atomic mass is 35.5. The number of amides is 6. The summed E-state index contributed by atoms with van der Waals surface area (Å²) in [4.78, 5) is 70.2. The number of hydrogen-bond acceptors (Lipinski definition) is 8. The van der Waals surface area contributed by atoms with E-state index in [1.165, 1.54) is 29.5 Å². The van der Waals surface area contributed by atoms with Crippen molar-refractivity contribution in [2.75, 3.05) is 24.3 Å². The van der Waals surface area contributed by atoms with E-state index in [9.17, 15) is 24.0 Å². The van der Waals surface area contributed by atoms with E-state index >= 15 is 0 Å². The summed E-state index contributed by atoms with van der Waals surface area (Å²) in [6.07, 6.45) is 0.0947. The highest BCUT2D eigenvalue weighted by Crippen LogP contribution is 2.37. The lowest BCUT2D eigenvalue weighted by Gasteiger charge is -2.27. The van der Waals surface area contributed by atoms with Gasteiger partial charge in [-0.05, 0) is 50.6 Å². The van der Waals surface area contributed by atoms with E-state index < -0.39 is 41.2 Å². The normalized spacial score (nSPS) is 17.4. The fourth-order valence-electron chi connectivity index (χ4n) is 4.64. The Bertz CT molecular complexity index is 1580. The summed E-state index contributed by atoms with van der Waals surface area (Å²) in [5.74, 6) is -2.40. The average Bonchev–Trinajstić information content (AvgIpc) is 3.38. The Hall–Kier alpha value is -4.03. The number of nitrogens with zero attached hydrogens (tertiary/aromatic N) is 3. The first-order chi connectivity index (χ1) is 18.4. The Kier molecular flexibility index (Phi) is 6.55. The minimum atomic E-state index is -1.06. The fourth-order valence-corrected chi connectivity index (χ4v) is 6.00. The molecule has 6 amide bonds. The molecule has 3 heterocycles. The molecule has 202 valence electrons. The molecule has 13 heteroatoms. The number of rotatable bonds is 5. The van der Waals surface area contributed by atoms with E-state index in [0.717, 1.165) is 20.8 Å². The summed E-state index contributed by atoms with van der Waals surface area (Å²) < 4.78 is 0.888. The van der Waals surface area contributed by atoms with Crippen LogP contribution in [0.4, 0.5) is 16.2 Å². The second-order valence-corrected chi connectivity index (χ2v) is 11.6. The first kappa shape index (κ1) is 26.6. The number of piperidine rings is 1. The number of imide groups is 2. The van der Waals surface area contributed by atoms with E-state index in [-0.39, 0.29) is 24.0 Å². The molecule has 1 atom stereocenters. The third-order valence-corrected chi connectivity index (χ3v) is 8.12. The van der Waals surface area contributed by atoms with Crippen LogP contribution in [-0.4, -0.2) is 59.7 Å². The predicted molar refractivity (Wildman–Crippen MR) is 147 cm³/mol. The van der Waals surface area contributed by atoms with E-state index in [2.05, 4.69) is 16.0 Å². The average molecular weight is 569 g/mol. The molecule has 1 aromatic heterocycles. The molecule has 5 rings (SSSR count). The number of thiazole rings is 1. The molecule has 0 radical (unpaired) electrons. The highest BCUT2D eigenvalue weighted by molar-refractivity contribution is 7.18. The molecule has 0 bridgehead atoms. The third-order valence-electron chi connectivity index (χ3n) is 6.58.